The van der Waals surface area contributed by atoms with Gasteiger partial charge in [0.15, 0.2) is 0 Å². The number of nitrogens with zero attached hydrogens (tertiary/aromatic N) is 1. The lowest BCUT2D eigenvalue weighted by molar-refractivity contribution is -0.124. The maximum atomic E-state index is 11.2. The molecule has 0 aromatic carbocycles. The summed E-state index contributed by atoms with van der Waals surface area (Å²) >= 11 is 0. The fraction of sp³-hybridized carbons (Fsp3) is 0.900. The highest BCUT2D eigenvalue weighted by atomic mass is 16.1. The first-order chi connectivity index (χ1) is 6.57. The maximum Gasteiger partial charge on any atom is 0.222 e. The van der Waals surface area contributed by atoms with E-state index in [-0.39, 0.29) is 11.8 Å². The van der Waals surface area contributed by atoms with Crippen molar-refractivity contribution in [2.45, 2.75) is 13.8 Å². The number of rotatable bonds is 7. The van der Waals surface area contributed by atoms with Gasteiger partial charge >= 0.3 is 0 Å². The lowest BCUT2D eigenvalue weighted by Crippen LogP contribution is -2.37. The molecular formula is C10H23N3O. The number of amides is 1. The Hall–Kier alpha value is -0.610. The summed E-state index contributed by atoms with van der Waals surface area (Å²) in [6.45, 7) is 7.43. The van der Waals surface area contributed by atoms with Gasteiger partial charge in [0.2, 0.25) is 5.91 Å². The van der Waals surface area contributed by atoms with Gasteiger partial charge < -0.3 is 15.5 Å². The maximum absolute atomic E-state index is 11.2. The van der Waals surface area contributed by atoms with Crippen LogP contribution in [0.15, 0.2) is 0 Å². The number of carbonyl (C=O) groups is 1. The van der Waals surface area contributed by atoms with Gasteiger partial charge in [0, 0.05) is 32.1 Å². The fourth-order valence-corrected chi connectivity index (χ4v) is 0.989. The summed E-state index contributed by atoms with van der Waals surface area (Å²) in [7, 11) is 3.99. The van der Waals surface area contributed by atoms with Crippen LogP contribution < -0.4 is 10.6 Å². The molecule has 0 rings (SSSR count). The van der Waals surface area contributed by atoms with E-state index in [0.717, 1.165) is 26.2 Å². The van der Waals surface area contributed by atoms with Crippen molar-refractivity contribution in [1.82, 2.24) is 15.5 Å². The largest absolute Gasteiger partial charge is 0.355 e. The first kappa shape index (κ1) is 13.4. The van der Waals surface area contributed by atoms with E-state index in [2.05, 4.69) is 22.6 Å². The van der Waals surface area contributed by atoms with E-state index in [1.165, 1.54) is 0 Å². The van der Waals surface area contributed by atoms with Crippen LogP contribution in [0.25, 0.3) is 0 Å². The molecule has 4 nitrogen and oxygen atoms in total. The predicted molar refractivity (Wildman–Crippen MR) is 59.3 cm³/mol. The molecule has 0 aliphatic rings. The average molecular weight is 201 g/mol. The summed E-state index contributed by atoms with van der Waals surface area (Å²) < 4.78 is 0. The molecule has 0 saturated carbocycles. The van der Waals surface area contributed by atoms with Crippen molar-refractivity contribution in [3.8, 4) is 0 Å². The monoisotopic (exact) mass is 201 g/mol. The zero-order chi connectivity index (χ0) is 11.0. The van der Waals surface area contributed by atoms with Crippen LogP contribution >= 0.6 is 0 Å². The van der Waals surface area contributed by atoms with E-state index < -0.39 is 0 Å². The lowest BCUT2D eigenvalue weighted by atomic mass is 10.2. The first-order valence-electron chi connectivity index (χ1n) is 5.18. The summed E-state index contributed by atoms with van der Waals surface area (Å²) in [6, 6.07) is 0. The topological polar surface area (TPSA) is 44.4 Å². The normalized spacial score (nSPS) is 11.0. The minimum atomic E-state index is 0.0811. The van der Waals surface area contributed by atoms with Crippen molar-refractivity contribution in [3.63, 3.8) is 0 Å². The van der Waals surface area contributed by atoms with Crippen molar-refractivity contribution in [3.05, 3.63) is 0 Å². The minimum Gasteiger partial charge on any atom is -0.355 e. The van der Waals surface area contributed by atoms with Gasteiger partial charge in [-0.2, -0.15) is 0 Å². The Morgan fingerprint density at radius 3 is 2.36 bits per heavy atom. The average Bonchev–Trinajstić information content (AvgIpc) is 2.14. The quantitative estimate of drug-likeness (QED) is 0.605. The third kappa shape index (κ3) is 6.86. The number of carbonyl (C=O) groups excluding carboxylic acids is 1. The molecule has 0 aliphatic heterocycles. The summed E-state index contributed by atoms with van der Waals surface area (Å²) in [5.41, 5.74) is 0. The lowest BCUT2D eigenvalue weighted by Gasteiger charge is -2.16. The molecule has 1 amide bonds. The van der Waals surface area contributed by atoms with E-state index in [1.54, 1.807) is 0 Å². The zero-order valence-electron chi connectivity index (χ0n) is 9.76. The molecule has 2 N–H and O–H groups in total. The van der Waals surface area contributed by atoms with Crippen LogP contribution in [0.1, 0.15) is 13.8 Å². The SMILES string of the molecule is CNCCN(C)CCNC(=O)C(C)C. The molecule has 0 heterocycles. The van der Waals surface area contributed by atoms with Crippen molar-refractivity contribution in [2.75, 3.05) is 40.3 Å². The molecule has 0 aromatic heterocycles. The van der Waals surface area contributed by atoms with Crippen molar-refractivity contribution in [2.24, 2.45) is 5.92 Å². The van der Waals surface area contributed by atoms with Gasteiger partial charge in [-0.1, -0.05) is 13.8 Å². The summed E-state index contributed by atoms with van der Waals surface area (Å²) in [6.07, 6.45) is 0. The highest BCUT2D eigenvalue weighted by molar-refractivity contribution is 5.77. The molecule has 0 aromatic rings. The van der Waals surface area contributed by atoms with Crippen molar-refractivity contribution >= 4 is 5.91 Å². The predicted octanol–water partition coefficient (Wildman–Crippen LogP) is -0.0902. The number of hydrogen-bond acceptors (Lipinski definition) is 3. The van der Waals surface area contributed by atoms with Gasteiger partial charge in [0.1, 0.15) is 0 Å². The second kappa shape index (κ2) is 7.76. The van der Waals surface area contributed by atoms with Crippen molar-refractivity contribution in [1.29, 1.82) is 0 Å². The van der Waals surface area contributed by atoms with Gasteiger partial charge in [-0.05, 0) is 14.1 Å². The zero-order valence-corrected chi connectivity index (χ0v) is 9.76. The van der Waals surface area contributed by atoms with E-state index >= 15 is 0 Å². The van der Waals surface area contributed by atoms with Gasteiger partial charge in [-0.25, -0.2) is 0 Å². The van der Waals surface area contributed by atoms with Crippen molar-refractivity contribution < 1.29 is 4.79 Å². The third-order valence-electron chi connectivity index (χ3n) is 2.06. The number of nitrogens with one attached hydrogen (secondary N) is 2. The Kier molecular flexibility index (Phi) is 7.42. The van der Waals surface area contributed by atoms with Gasteiger partial charge in [-0.3, -0.25) is 4.79 Å². The third-order valence-corrected chi connectivity index (χ3v) is 2.06. The molecule has 0 spiro atoms. The fourth-order valence-electron chi connectivity index (χ4n) is 0.989. The van der Waals surface area contributed by atoms with Crippen LogP contribution in [-0.4, -0.2) is 51.1 Å². The number of hydrogen-bond donors (Lipinski definition) is 2. The van der Waals surface area contributed by atoms with Gasteiger partial charge in [0.25, 0.3) is 0 Å². The van der Waals surface area contributed by atoms with E-state index in [9.17, 15) is 4.79 Å². The minimum absolute atomic E-state index is 0.0811. The summed E-state index contributed by atoms with van der Waals surface area (Å²) in [4.78, 5) is 13.4. The van der Waals surface area contributed by atoms with Crippen LogP contribution in [0.4, 0.5) is 0 Å². The highest BCUT2D eigenvalue weighted by Crippen LogP contribution is 1.89. The molecule has 0 aliphatic carbocycles. The molecule has 0 unspecified atom stereocenters. The molecule has 0 fully saturated rings. The summed E-state index contributed by atoms with van der Waals surface area (Å²) in [5.74, 6) is 0.213. The Bertz CT molecular complexity index is 159. The Morgan fingerprint density at radius 2 is 1.86 bits per heavy atom. The molecule has 0 bridgehead atoms. The van der Waals surface area contributed by atoms with E-state index in [0.29, 0.717) is 0 Å². The van der Waals surface area contributed by atoms with E-state index in [4.69, 9.17) is 0 Å². The summed E-state index contributed by atoms with van der Waals surface area (Å²) in [5, 5.41) is 5.98. The second-order valence-corrected chi connectivity index (χ2v) is 3.85. The Balaban J connectivity index is 3.39. The molecule has 0 radical (unpaired) electrons. The van der Waals surface area contributed by atoms with Gasteiger partial charge in [-0.15, -0.1) is 0 Å². The number of likely N-dealkylation sites (N-methyl/N-ethyl adjacent to an activating group) is 2. The van der Waals surface area contributed by atoms with Crippen LogP contribution in [0.5, 0.6) is 0 Å². The molecule has 84 valence electrons. The molecule has 0 atom stereocenters. The molecule has 0 saturated heterocycles. The molecule has 14 heavy (non-hydrogen) atoms. The molecule has 4 heteroatoms. The smallest absolute Gasteiger partial charge is 0.222 e. The second-order valence-electron chi connectivity index (χ2n) is 3.85. The van der Waals surface area contributed by atoms with E-state index in [1.807, 2.05) is 20.9 Å². The molecular weight excluding hydrogens is 178 g/mol. The van der Waals surface area contributed by atoms with Crippen LogP contribution in [0.3, 0.4) is 0 Å². The Labute approximate surface area is 87.0 Å². The highest BCUT2D eigenvalue weighted by Gasteiger charge is 2.05. The standard InChI is InChI=1S/C10H23N3O/c1-9(2)10(14)12-6-8-13(4)7-5-11-3/h9,11H,5-8H2,1-4H3,(H,12,14). The Morgan fingerprint density at radius 1 is 1.29 bits per heavy atom. The van der Waals surface area contributed by atoms with Crippen LogP contribution in [0.2, 0.25) is 0 Å². The van der Waals surface area contributed by atoms with Crippen LogP contribution in [0, 0.1) is 5.92 Å². The van der Waals surface area contributed by atoms with Crippen LogP contribution in [-0.2, 0) is 4.79 Å². The first-order valence-corrected chi connectivity index (χ1v) is 5.18. The van der Waals surface area contributed by atoms with Gasteiger partial charge in [0.05, 0.1) is 0 Å².